The molecular weight excluding hydrogens is 401 g/mol. The first-order valence-corrected chi connectivity index (χ1v) is 10.4. The zero-order valence-corrected chi connectivity index (χ0v) is 16.8. The smallest absolute Gasteiger partial charge is 0.269 e. The molecule has 0 bridgehead atoms. The van der Waals surface area contributed by atoms with E-state index in [0.717, 1.165) is 41.2 Å². The minimum atomic E-state index is -4.45. The Morgan fingerprint density at radius 3 is 2.76 bits per heavy atom. The number of fused-ring (bicyclic) bond motifs is 5. The Kier molecular flexibility index (Phi) is 4.16. The molecule has 1 atom stereocenters. The molecule has 0 amide bonds. The first-order chi connectivity index (χ1) is 13.8. The van der Waals surface area contributed by atoms with Crippen LogP contribution in [0.2, 0.25) is 0 Å². The molecular formula is C19H19F3N6S. The third-order valence-corrected chi connectivity index (χ3v) is 6.67. The fourth-order valence-corrected chi connectivity index (χ4v) is 5.18. The van der Waals surface area contributed by atoms with Crippen molar-refractivity contribution in [2.24, 2.45) is 0 Å². The maximum Gasteiger partial charge on any atom is 0.435 e. The second-order valence-electron chi connectivity index (χ2n) is 7.63. The predicted molar refractivity (Wildman–Crippen MR) is 103 cm³/mol. The first-order valence-electron chi connectivity index (χ1n) is 9.58. The van der Waals surface area contributed by atoms with E-state index in [0.29, 0.717) is 11.5 Å². The van der Waals surface area contributed by atoms with E-state index in [1.54, 1.807) is 29.1 Å². The van der Waals surface area contributed by atoms with Crippen LogP contribution >= 0.6 is 11.3 Å². The average Bonchev–Trinajstić information content (AvgIpc) is 3.35. The van der Waals surface area contributed by atoms with Crippen molar-refractivity contribution in [1.29, 1.82) is 0 Å². The highest BCUT2D eigenvalue weighted by molar-refractivity contribution is 7.19. The molecule has 5 rings (SSSR count). The molecule has 10 heteroatoms. The molecule has 152 valence electrons. The van der Waals surface area contributed by atoms with Gasteiger partial charge in [0.15, 0.2) is 17.2 Å². The molecule has 1 aliphatic carbocycles. The Morgan fingerprint density at radius 2 is 2.00 bits per heavy atom. The lowest BCUT2D eigenvalue weighted by Gasteiger charge is -2.10. The lowest BCUT2D eigenvalue weighted by Crippen LogP contribution is -2.12. The zero-order valence-electron chi connectivity index (χ0n) is 16.0. The number of thiophene rings is 1. The predicted octanol–water partition coefficient (Wildman–Crippen LogP) is 4.55. The van der Waals surface area contributed by atoms with Gasteiger partial charge in [-0.3, -0.25) is 4.68 Å². The molecule has 0 fully saturated rings. The number of alkyl halides is 3. The molecule has 0 N–H and O–H groups in total. The molecule has 1 aliphatic rings. The number of aryl methyl sites for hydroxylation is 3. The quantitative estimate of drug-likeness (QED) is 0.488. The van der Waals surface area contributed by atoms with Crippen LogP contribution in [0, 0.1) is 6.92 Å². The number of hydrogen-bond donors (Lipinski definition) is 0. The van der Waals surface area contributed by atoms with E-state index in [1.807, 2.05) is 6.92 Å². The summed E-state index contributed by atoms with van der Waals surface area (Å²) in [6.07, 6.45) is 1.70. The molecule has 4 aromatic rings. The summed E-state index contributed by atoms with van der Waals surface area (Å²) in [4.78, 5) is 11.7. The average molecular weight is 420 g/mol. The Bertz CT molecular complexity index is 1220. The van der Waals surface area contributed by atoms with Gasteiger partial charge in [-0.05, 0) is 44.2 Å². The van der Waals surface area contributed by atoms with Crippen molar-refractivity contribution in [3.8, 4) is 0 Å². The number of hydrogen-bond acceptors (Lipinski definition) is 5. The molecule has 29 heavy (non-hydrogen) atoms. The molecule has 0 aliphatic heterocycles. The van der Waals surface area contributed by atoms with Gasteiger partial charge in [0.25, 0.3) is 0 Å². The summed E-state index contributed by atoms with van der Waals surface area (Å²) in [6.45, 7) is 3.80. The van der Waals surface area contributed by atoms with Gasteiger partial charge in [0, 0.05) is 16.5 Å². The van der Waals surface area contributed by atoms with Gasteiger partial charge in [-0.2, -0.15) is 18.3 Å². The van der Waals surface area contributed by atoms with Crippen LogP contribution in [0.4, 0.5) is 13.2 Å². The molecule has 0 saturated carbocycles. The Balaban J connectivity index is 1.51. The summed E-state index contributed by atoms with van der Waals surface area (Å²) in [7, 11) is 0. The van der Waals surface area contributed by atoms with E-state index >= 15 is 0 Å². The van der Waals surface area contributed by atoms with Crippen LogP contribution in [-0.2, 0) is 25.6 Å². The molecule has 0 saturated heterocycles. The third kappa shape index (κ3) is 3.09. The van der Waals surface area contributed by atoms with Crippen LogP contribution < -0.4 is 0 Å². The van der Waals surface area contributed by atoms with Crippen LogP contribution in [0.1, 0.15) is 53.3 Å². The summed E-state index contributed by atoms with van der Waals surface area (Å²) < 4.78 is 41.8. The van der Waals surface area contributed by atoms with Crippen LogP contribution in [0.3, 0.4) is 0 Å². The first kappa shape index (κ1) is 18.5. The van der Waals surface area contributed by atoms with E-state index in [1.165, 1.54) is 21.5 Å². The summed E-state index contributed by atoms with van der Waals surface area (Å²) >= 11 is 1.73. The van der Waals surface area contributed by atoms with Crippen molar-refractivity contribution in [2.75, 3.05) is 0 Å². The number of halogens is 3. The van der Waals surface area contributed by atoms with Crippen molar-refractivity contribution in [1.82, 2.24) is 29.4 Å². The van der Waals surface area contributed by atoms with E-state index in [4.69, 9.17) is 4.98 Å². The lowest BCUT2D eigenvalue weighted by molar-refractivity contribution is -0.141. The van der Waals surface area contributed by atoms with Gasteiger partial charge in [0.05, 0.1) is 11.9 Å². The maximum absolute atomic E-state index is 12.9. The summed E-state index contributed by atoms with van der Waals surface area (Å²) in [5.41, 5.74) is 1.70. The molecule has 4 heterocycles. The van der Waals surface area contributed by atoms with Crippen molar-refractivity contribution in [2.45, 2.75) is 58.2 Å². The number of nitrogens with zero attached hydrogens (tertiary/aromatic N) is 6. The normalized spacial score (nSPS) is 15.9. The van der Waals surface area contributed by atoms with Crippen molar-refractivity contribution in [3.05, 3.63) is 40.0 Å². The van der Waals surface area contributed by atoms with Crippen molar-refractivity contribution >= 4 is 27.2 Å². The Hall–Kier alpha value is -2.49. The Morgan fingerprint density at radius 1 is 1.21 bits per heavy atom. The molecule has 6 nitrogen and oxygen atoms in total. The highest BCUT2D eigenvalue weighted by Crippen LogP contribution is 2.37. The van der Waals surface area contributed by atoms with Gasteiger partial charge in [0.1, 0.15) is 11.2 Å². The van der Waals surface area contributed by atoms with Gasteiger partial charge in [-0.25, -0.2) is 14.5 Å². The molecule has 0 spiro atoms. The largest absolute Gasteiger partial charge is 0.435 e. The van der Waals surface area contributed by atoms with Crippen molar-refractivity contribution in [3.63, 3.8) is 0 Å². The SMILES string of the molecule is Cc1cc(C(F)(F)F)nn1C[C@H](C)c1nc2c3c4c(sc3ncn2n1)CCCC4. The highest BCUT2D eigenvalue weighted by Gasteiger charge is 2.34. The number of rotatable bonds is 3. The van der Waals surface area contributed by atoms with Gasteiger partial charge >= 0.3 is 6.18 Å². The Labute approximate surface area is 168 Å². The molecule has 0 radical (unpaired) electrons. The lowest BCUT2D eigenvalue weighted by atomic mass is 9.97. The van der Waals surface area contributed by atoms with Gasteiger partial charge in [-0.15, -0.1) is 16.4 Å². The third-order valence-electron chi connectivity index (χ3n) is 5.47. The van der Waals surface area contributed by atoms with Crippen LogP contribution in [0.25, 0.3) is 15.9 Å². The van der Waals surface area contributed by atoms with Crippen LogP contribution in [-0.4, -0.2) is 29.4 Å². The zero-order chi connectivity index (χ0) is 20.3. The molecule has 4 aromatic heterocycles. The minimum Gasteiger partial charge on any atom is -0.269 e. The van der Waals surface area contributed by atoms with E-state index in [9.17, 15) is 13.2 Å². The molecule has 0 unspecified atom stereocenters. The van der Waals surface area contributed by atoms with E-state index in [-0.39, 0.29) is 12.5 Å². The standard InChI is InChI=1S/C19H19F3N6S/c1-10(8-27-11(2)7-14(25-27)19(20,21)22)16-24-17-15-12-5-3-4-6-13(12)29-18(15)23-9-28(17)26-16/h7,9-10H,3-6,8H2,1-2H3/t10-/m0/s1. The number of aromatic nitrogens is 6. The van der Waals surface area contributed by atoms with Gasteiger partial charge in [0.2, 0.25) is 0 Å². The fourth-order valence-electron chi connectivity index (χ4n) is 3.95. The van der Waals surface area contributed by atoms with Crippen molar-refractivity contribution < 1.29 is 13.2 Å². The van der Waals surface area contributed by atoms with E-state index < -0.39 is 11.9 Å². The van der Waals surface area contributed by atoms with Gasteiger partial charge < -0.3 is 0 Å². The summed E-state index contributed by atoms with van der Waals surface area (Å²) in [5.74, 6) is 0.387. The van der Waals surface area contributed by atoms with Crippen LogP contribution in [0.15, 0.2) is 12.4 Å². The topological polar surface area (TPSA) is 60.9 Å². The highest BCUT2D eigenvalue weighted by atomic mass is 32.1. The van der Waals surface area contributed by atoms with Gasteiger partial charge in [-0.1, -0.05) is 6.92 Å². The summed E-state index contributed by atoms with van der Waals surface area (Å²) in [6, 6.07) is 1.06. The minimum absolute atomic E-state index is 0.195. The monoisotopic (exact) mass is 420 g/mol. The summed E-state index contributed by atoms with van der Waals surface area (Å²) in [5, 5.41) is 9.35. The fraction of sp³-hybridized carbons (Fsp3) is 0.474. The van der Waals surface area contributed by atoms with Crippen LogP contribution in [0.5, 0.6) is 0 Å². The second-order valence-corrected chi connectivity index (χ2v) is 8.71. The maximum atomic E-state index is 12.9. The molecule has 0 aromatic carbocycles. The second kappa shape index (κ2) is 6.51. The van der Waals surface area contributed by atoms with E-state index in [2.05, 4.69) is 15.2 Å².